The Labute approximate surface area is 180 Å². The van der Waals surface area contributed by atoms with E-state index in [1.165, 1.54) is 4.90 Å². The van der Waals surface area contributed by atoms with Crippen LogP contribution in [0.15, 0.2) is 78.9 Å². The lowest BCUT2D eigenvalue weighted by molar-refractivity contribution is 0.0641. The van der Waals surface area contributed by atoms with Crippen LogP contribution in [-0.4, -0.2) is 35.7 Å². The van der Waals surface area contributed by atoms with E-state index in [2.05, 4.69) is 10.6 Å². The summed E-state index contributed by atoms with van der Waals surface area (Å²) in [6, 6.07) is 23.7. The molecular weight excluding hydrogens is 390 g/mol. The highest BCUT2D eigenvalue weighted by molar-refractivity contribution is 6.21. The molecule has 3 aromatic rings. The molecule has 0 aliphatic carbocycles. The summed E-state index contributed by atoms with van der Waals surface area (Å²) in [5.41, 5.74) is 3.26. The van der Waals surface area contributed by atoms with Crippen LogP contribution in [0.25, 0.3) is 0 Å². The second-order valence-electron chi connectivity index (χ2n) is 7.34. The lowest BCUT2D eigenvalue weighted by Crippen LogP contribution is -2.29. The Morgan fingerprint density at radius 1 is 0.742 bits per heavy atom. The molecule has 31 heavy (non-hydrogen) atoms. The van der Waals surface area contributed by atoms with Gasteiger partial charge in [-0.05, 0) is 48.4 Å². The number of para-hydroxylation sites is 1. The monoisotopic (exact) mass is 413 g/mol. The van der Waals surface area contributed by atoms with Gasteiger partial charge < -0.3 is 10.6 Å². The molecular formula is C25H23N3O3. The maximum Gasteiger partial charge on any atom is 0.261 e. The minimum absolute atomic E-state index is 0.146. The molecule has 156 valence electrons. The lowest BCUT2D eigenvalue weighted by atomic mass is 10.1. The first-order valence-electron chi connectivity index (χ1n) is 10.2. The van der Waals surface area contributed by atoms with Gasteiger partial charge >= 0.3 is 0 Å². The molecule has 3 amide bonds. The summed E-state index contributed by atoms with van der Waals surface area (Å²) in [4.78, 5) is 38.5. The number of hydrogen-bond acceptors (Lipinski definition) is 4. The first-order chi connectivity index (χ1) is 15.1. The number of imide groups is 1. The summed E-state index contributed by atoms with van der Waals surface area (Å²) in [6.45, 7) is 1.51. The largest absolute Gasteiger partial charge is 0.385 e. The van der Waals surface area contributed by atoms with E-state index in [0.29, 0.717) is 23.2 Å². The van der Waals surface area contributed by atoms with E-state index >= 15 is 0 Å². The van der Waals surface area contributed by atoms with Gasteiger partial charge in [-0.15, -0.1) is 0 Å². The molecule has 0 fully saturated rings. The van der Waals surface area contributed by atoms with Crippen LogP contribution < -0.4 is 10.6 Å². The van der Waals surface area contributed by atoms with Gasteiger partial charge in [0.25, 0.3) is 17.7 Å². The molecule has 0 aromatic heterocycles. The van der Waals surface area contributed by atoms with Crippen molar-refractivity contribution in [2.24, 2.45) is 0 Å². The number of benzene rings is 3. The number of fused-ring (bicyclic) bond motifs is 1. The fraction of sp³-hybridized carbons (Fsp3) is 0.160. The van der Waals surface area contributed by atoms with Gasteiger partial charge in [0.15, 0.2) is 0 Å². The molecule has 4 rings (SSSR count). The summed E-state index contributed by atoms with van der Waals surface area (Å²) < 4.78 is 0. The van der Waals surface area contributed by atoms with Gasteiger partial charge in [-0.25, -0.2) is 0 Å². The maximum atomic E-state index is 12.5. The lowest BCUT2D eigenvalue weighted by Gasteiger charge is -2.14. The van der Waals surface area contributed by atoms with E-state index in [-0.39, 0.29) is 24.3 Å². The quantitative estimate of drug-likeness (QED) is 0.436. The van der Waals surface area contributed by atoms with Gasteiger partial charge in [0.2, 0.25) is 0 Å². The fourth-order valence-electron chi connectivity index (χ4n) is 3.51. The summed E-state index contributed by atoms with van der Waals surface area (Å²) in [6.07, 6.45) is 0.804. The second-order valence-corrected chi connectivity index (χ2v) is 7.34. The first-order valence-corrected chi connectivity index (χ1v) is 10.2. The van der Waals surface area contributed by atoms with Crippen molar-refractivity contribution in [3.8, 4) is 0 Å². The summed E-state index contributed by atoms with van der Waals surface area (Å²) >= 11 is 0. The molecule has 0 radical (unpaired) electrons. The third-order valence-electron chi connectivity index (χ3n) is 5.18. The van der Waals surface area contributed by atoms with Gasteiger partial charge in [0, 0.05) is 24.3 Å². The predicted octanol–water partition coefficient (Wildman–Crippen LogP) is 3.71. The topological polar surface area (TPSA) is 78.5 Å². The normalized spacial score (nSPS) is 12.6. The smallest absolute Gasteiger partial charge is 0.261 e. The van der Waals surface area contributed by atoms with Crippen LogP contribution in [-0.2, 0) is 6.54 Å². The summed E-state index contributed by atoms with van der Waals surface area (Å²) in [7, 11) is 0. The number of anilines is 1. The highest BCUT2D eigenvalue weighted by Gasteiger charge is 2.34. The maximum absolute atomic E-state index is 12.5. The molecule has 0 spiro atoms. The number of carbonyl (C=O) groups excluding carboxylic acids is 3. The average molecular weight is 413 g/mol. The third-order valence-corrected chi connectivity index (χ3v) is 5.18. The van der Waals surface area contributed by atoms with Gasteiger partial charge in [0.1, 0.15) is 0 Å². The Hall–Kier alpha value is -3.93. The van der Waals surface area contributed by atoms with Crippen molar-refractivity contribution >= 4 is 23.4 Å². The average Bonchev–Trinajstić information content (AvgIpc) is 3.05. The minimum atomic E-state index is -0.286. The Kier molecular flexibility index (Phi) is 6.08. The van der Waals surface area contributed by atoms with Crippen LogP contribution in [0, 0.1) is 0 Å². The van der Waals surface area contributed by atoms with Crippen LogP contribution in [0.1, 0.15) is 43.1 Å². The molecule has 0 saturated carbocycles. The van der Waals surface area contributed by atoms with Gasteiger partial charge in [-0.1, -0.05) is 42.5 Å². The second kappa shape index (κ2) is 9.26. The van der Waals surface area contributed by atoms with Crippen molar-refractivity contribution in [1.82, 2.24) is 10.2 Å². The number of carbonyl (C=O) groups is 3. The van der Waals surface area contributed by atoms with E-state index in [9.17, 15) is 14.4 Å². The SMILES string of the molecule is O=C(NCCCNc1ccccc1)c1ccc(CN2C(=O)c3ccccc3C2=O)cc1. The van der Waals surface area contributed by atoms with Crippen LogP contribution >= 0.6 is 0 Å². The molecule has 0 unspecified atom stereocenters. The zero-order valence-corrected chi connectivity index (χ0v) is 17.0. The van der Waals surface area contributed by atoms with Gasteiger partial charge in [-0.2, -0.15) is 0 Å². The minimum Gasteiger partial charge on any atom is -0.385 e. The molecule has 1 heterocycles. The third kappa shape index (κ3) is 4.64. The molecule has 1 aliphatic heterocycles. The highest BCUT2D eigenvalue weighted by Crippen LogP contribution is 2.24. The van der Waals surface area contributed by atoms with E-state index in [1.807, 2.05) is 30.3 Å². The summed E-state index contributed by atoms with van der Waals surface area (Å²) in [5.74, 6) is -0.718. The van der Waals surface area contributed by atoms with Crippen LogP contribution in [0.2, 0.25) is 0 Å². The molecule has 6 heteroatoms. The highest BCUT2D eigenvalue weighted by atomic mass is 16.2. The first kappa shape index (κ1) is 20.3. The Morgan fingerprint density at radius 3 is 2.00 bits per heavy atom. The van der Waals surface area contributed by atoms with Crippen molar-refractivity contribution in [2.45, 2.75) is 13.0 Å². The Morgan fingerprint density at radius 2 is 1.35 bits per heavy atom. The van der Waals surface area contributed by atoms with Gasteiger partial charge in [-0.3, -0.25) is 19.3 Å². The zero-order valence-electron chi connectivity index (χ0n) is 17.0. The van der Waals surface area contributed by atoms with Crippen LogP contribution in [0.5, 0.6) is 0 Å². The molecule has 0 bridgehead atoms. The molecule has 2 N–H and O–H groups in total. The van der Waals surface area contributed by atoms with Crippen molar-refractivity contribution in [1.29, 1.82) is 0 Å². The summed E-state index contributed by atoms with van der Waals surface area (Å²) in [5, 5.41) is 6.21. The Bertz CT molecular complexity index is 1060. The van der Waals surface area contributed by atoms with E-state index in [0.717, 1.165) is 24.2 Å². The number of amides is 3. The van der Waals surface area contributed by atoms with Crippen molar-refractivity contribution in [3.63, 3.8) is 0 Å². The fourth-order valence-corrected chi connectivity index (χ4v) is 3.51. The number of hydrogen-bond donors (Lipinski definition) is 2. The number of nitrogens with one attached hydrogen (secondary N) is 2. The molecule has 0 saturated heterocycles. The number of rotatable bonds is 8. The Balaban J connectivity index is 1.26. The molecule has 3 aromatic carbocycles. The van der Waals surface area contributed by atoms with E-state index < -0.39 is 0 Å². The van der Waals surface area contributed by atoms with Crippen LogP contribution in [0.4, 0.5) is 5.69 Å². The predicted molar refractivity (Wildman–Crippen MR) is 119 cm³/mol. The van der Waals surface area contributed by atoms with E-state index in [4.69, 9.17) is 0 Å². The van der Waals surface area contributed by atoms with E-state index in [1.54, 1.807) is 48.5 Å². The zero-order chi connectivity index (χ0) is 21.6. The molecule has 0 atom stereocenters. The van der Waals surface area contributed by atoms with Gasteiger partial charge in [0.05, 0.1) is 17.7 Å². The van der Waals surface area contributed by atoms with Crippen molar-refractivity contribution in [3.05, 3.63) is 101 Å². The van der Waals surface area contributed by atoms with Crippen LogP contribution in [0.3, 0.4) is 0 Å². The van der Waals surface area contributed by atoms with Crippen molar-refractivity contribution in [2.75, 3.05) is 18.4 Å². The standard InChI is InChI=1S/C25H23N3O3/c29-23(27-16-6-15-26-20-7-2-1-3-8-20)19-13-11-18(12-14-19)17-28-24(30)21-9-4-5-10-22(21)25(28)31/h1-5,7-14,26H,6,15-17H2,(H,27,29). The molecule has 1 aliphatic rings. The molecule has 6 nitrogen and oxygen atoms in total. The van der Waals surface area contributed by atoms with Crippen molar-refractivity contribution < 1.29 is 14.4 Å². The number of nitrogens with zero attached hydrogens (tertiary/aromatic N) is 1.